The molecule has 6 nitrogen and oxygen atoms in total. The van der Waals surface area contributed by atoms with Crippen molar-refractivity contribution in [2.24, 2.45) is 11.8 Å². The molecule has 0 bridgehead atoms. The van der Waals surface area contributed by atoms with Gasteiger partial charge in [0.25, 0.3) is 0 Å². The number of nitrogens with one attached hydrogen (secondary N) is 1. The van der Waals surface area contributed by atoms with Crippen LogP contribution in [0, 0.1) is 11.8 Å². The Hall–Kier alpha value is -1.30. The van der Waals surface area contributed by atoms with Crippen molar-refractivity contribution in [1.82, 2.24) is 15.1 Å². The minimum Gasteiger partial charge on any atom is -0.481 e. The number of aliphatic carboxylic acids is 1. The number of hydrogen-bond acceptors (Lipinski definition) is 3. The number of carbonyl (C=O) groups is 2. The van der Waals surface area contributed by atoms with Crippen LogP contribution in [0.3, 0.4) is 0 Å². The highest BCUT2D eigenvalue weighted by Gasteiger charge is 2.27. The predicted molar refractivity (Wildman–Crippen MR) is 73.0 cm³/mol. The summed E-state index contributed by atoms with van der Waals surface area (Å²) >= 11 is 0. The van der Waals surface area contributed by atoms with Crippen molar-refractivity contribution in [3.05, 3.63) is 0 Å². The number of piperazine rings is 1. The first-order valence-corrected chi connectivity index (χ1v) is 6.78. The highest BCUT2D eigenvalue weighted by molar-refractivity contribution is 5.76. The Morgan fingerprint density at radius 1 is 1.37 bits per heavy atom. The van der Waals surface area contributed by atoms with Crippen molar-refractivity contribution < 1.29 is 14.7 Å². The molecule has 2 N–H and O–H groups in total. The van der Waals surface area contributed by atoms with Gasteiger partial charge in [-0.3, -0.25) is 4.79 Å². The van der Waals surface area contributed by atoms with Gasteiger partial charge in [-0.05, 0) is 19.9 Å². The van der Waals surface area contributed by atoms with E-state index in [1.165, 1.54) is 0 Å². The number of likely N-dealkylation sites (N-methyl/N-ethyl adjacent to an activating group) is 1. The molecule has 19 heavy (non-hydrogen) atoms. The van der Waals surface area contributed by atoms with Crippen molar-refractivity contribution in [3.63, 3.8) is 0 Å². The average Bonchev–Trinajstić information content (AvgIpc) is 2.27. The van der Waals surface area contributed by atoms with Crippen LogP contribution < -0.4 is 5.32 Å². The normalized spacial score (nSPS) is 22.4. The number of carbonyl (C=O) groups excluding carboxylic acids is 1. The average molecular weight is 271 g/mol. The molecule has 2 atom stereocenters. The third kappa shape index (κ3) is 4.38. The zero-order valence-corrected chi connectivity index (χ0v) is 12.2. The van der Waals surface area contributed by atoms with Gasteiger partial charge in [0.1, 0.15) is 0 Å². The third-order valence-corrected chi connectivity index (χ3v) is 3.69. The Morgan fingerprint density at radius 2 is 2.00 bits per heavy atom. The van der Waals surface area contributed by atoms with Crippen LogP contribution >= 0.6 is 0 Å². The lowest BCUT2D eigenvalue weighted by Crippen LogP contribution is -2.56. The Balaban J connectivity index is 2.48. The second-order valence-electron chi connectivity index (χ2n) is 5.68. The fourth-order valence-corrected chi connectivity index (χ4v) is 2.35. The highest BCUT2D eigenvalue weighted by Crippen LogP contribution is 2.11. The summed E-state index contributed by atoms with van der Waals surface area (Å²) in [5.41, 5.74) is 0. The smallest absolute Gasteiger partial charge is 0.317 e. The maximum Gasteiger partial charge on any atom is 0.317 e. The van der Waals surface area contributed by atoms with E-state index in [1.807, 2.05) is 27.8 Å². The lowest BCUT2D eigenvalue weighted by atomic mass is 9.96. The van der Waals surface area contributed by atoms with E-state index in [0.717, 1.165) is 13.1 Å². The van der Waals surface area contributed by atoms with Crippen LogP contribution in [-0.2, 0) is 4.79 Å². The maximum atomic E-state index is 12.1. The molecule has 1 saturated heterocycles. The van der Waals surface area contributed by atoms with Crippen LogP contribution in [0.1, 0.15) is 20.8 Å². The summed E-state index contributed by atoms with van der Waals surface area (Å²) in [6.07, 6.45) is 0. The van der Waals surface area contributed by atoms with E-state index in [9.17, 15) is 9.59 Å². The molecule has 110 valence electrons. The molecule has 0 aromatic rings. The molecule has 0 aromatic carbocycles. The molecule has 0 spiro atoms. The van der Waals surface area contributed by atoms with Crippen molar-refractivity contribution in [2.75, 3.05) is 33.2 Å². The Morgan fingerprint density at radius 3 is 2.47 bits per heavy atom. The second-order valence-corrected chi connectivity index (χ2v) is 5.68. The van der Waals surface area contributed by atoms with E-state index in [0.29, 0.717) is 6.54 Å². The quantitative estimate of drug-likeness (QED) is 0.789. The minimum atomic E-state index is -0.860. The Kier molecular flexibility index (Phi) is 5.60. The SMILES string of the molecule is CC(C)C(CNC(=O)N1CCN(C)CC1C)C(=O)O. The number of urea groups is 1. The molecule has 0 radical (unpaired) electrons. The number of carboxylic acids is 1. The summed E-state index contributed by atoms with van der Waals surface area (Å²) in [5, 5.41) is 11.8. The van der Waals surface area contributed by atoms with Crippen LogP contribution in [0.5, 0.6) is 0 Å². The largest absolute Gasteiger partial charge is 0.481 e. The van der Waals surface area contributed by atoms with Gasteiger partial charge < -0.3 is 20.2 Å². The molecule has 1 heterocycles. The molecule has 0 aliphatic carbocycles. The predicted octanol–water partition coefficient (Wildman–Crippen LogP) is 0.689. The van der Waals surface area contributed by atoms with Crippen LogP contribution in [0.2, 0.25) is 0 Å². The topological polar surface area (TPSA) is 72.9 Å². The molecular formula is C13H25N3O3. The van der Waals surface area contributed by atoms with Gasteiger partial charge in [-0.2, -0.15) is 0 Å². The number of rotatable bonds is 4. The summed E-state index contributed by atoms with van der Waals surface area (Å²) in [6.45, 7) is 8.28. The van der Waals surface area contributed by atoms with E-state index >= 15 is 0 Å². The Labute approximate surface area is 114 Å². The van der Waals surface area contributed by atoms with Crippen LogP contribution in [0.15, 0.2) is 0 Å². The van der Waals surface area contributed by atoms with Gasteiger partial charge in [-0.1, -0.05) is 13.8 Å². The summed E-state index contributed by atoms with van der Waals surface area (Å²) in [4.78, 5) is 27.1. The molecular weight excluding hydrogens is 246 g/mol. The number of carboxylic acid groups (broad SMARTS) is 1. The summed E-state index contributed by atoms with van der Waals surface area (Å²) in [6, 6.07) is -0.00595. The first-order chi connectivity index (χ1) is 8.82. The van der Waals surface area contributed by atoms with E-state index in [2.05, 4.69) is 10.2 Å². The number of nitrogens with zero attached hydrogens (tertiary/aromatic N) is 2. The van der Waals surface area contributed by atoms with Gasteiger partial charge in [0.2, 0.25) is 0 Å². The Bertz CT molecular complexity index is 333. The number of amides is 2. The molecule has 1 aliphatic rings. The first kappa shape index (κ1) is 15.8. The monoisotopic (exact) mass is 271 g/mol. The van der Waals surface area contributed by atoms with Gasteiger partial charge in [0.15, 0.2) is 0 Å². The highest BCUT2D eigenvalue weighted by atomic mass is 16.4. The van der Waals surface area contributed by atoms with Gasteiger partial charge in [-0.25, -0.2) is 4.79 Å². The fourth-order valence-electron chi connectivity index (χ4n) is 2.35. The van der Waals surface area contributed by atoms with E-state index < -0.39 is 11.9 Å². The zero-order chi connectivity index (χ0) is 14.6. The van der Waals surface area contributed by atoms with E-state index in [1.54, 1.807) is 4.90 Å². The summed E-state index contributed by atoms with van der Waals surface area (Å²) < 4.78 is 0. The van der Waals surface area contributed by atoms with Crippen molar-refractivity contribution >= 4 is 12.0 Å². The van der Waals surface area contributed by atoms with Gasteiger partial charge in [0.05, 0.1) is 5.92 Å². The van der Waals surface area contributed by atoms with E-state index in [-0.39, 0.29) is 24.5 Å². The lowest BCUT2D eigenvalue weighted by molar-refractivity contribution is -0.142. The van der Waals surface area contributed by atoms with Gasteiger partial charge >= 0.3 is 12.0 Å². The van der Waals surface area contributed by atoms with Crippen molar-refractivity contribution in [1.29, 1.82) is 0 Å². The number of hydrogen-bond donors (Lipinski definition) is 2. The first-order valence-electron chi connectivity index (χ1n) is 6.78. The minimum absolute atomic E-state index is 0.00251. The van der Waals surface area contributed by atoms with Crippen LogP contribution in [0.4, 0.5) is 4.79 Å². The second kappa shape index (κ2) is 6.75. The van der Waals surface area contributed by atoms with Crippen molar-refractivity contribution in [3.8, 4) is 0 Å². The molecule has 2 unspecified atom stereocenters. The lowest BCUT2D eigenvalue weighted by Gasteiger charge is -2.38. The zero-order valence-electron chi connectivity index (χ0n) is 12.2. The molecule has 1 aliphatic heterocycles. The van der Waals surface area contributed by atoms with E-state index in [4.69, 9.17) is 5.11 Å². The fraction of sp³-hybridized carbons (Fsp3) is 0.846. The third-order valence-electron chi connectivity index (χ3n) is 3.69. The summed E-state index contributed by atoms with van der Waals surface area (Å²) in [5.74, 6) is -1.39. The van der Waals surface area contributed by atoms with Crippen LogP contribution in [-0.4, -0.2) is 66.2 Å². The molecule has 1 rings (SSSR count). The molecule has 0 saturated carbocycles. The van der Waals surface area contributed by atoms with Gasteiger partial charge in [0, 0.05) is 32.2 Å². The van der Waals surface area contributed by atoms with Crippen molar-refractivity contribution in [2.45, 2.75) is 26.8 Å². The van der Waals surface area contributed by atoms with Crippen LogP contribution in [0.25, 0.3) is 0 Å². The van der Waals surface area contributed by atoms with Gasteiger partial charge in [-0.15, -0.1) is 0 Å². The maximum absolute atomic E-state index is 12.1. The molecule has 1 fully saturated rings. The molecule has 0 aromatic heterocycles. The molecule has 6 heteroatoms. The summed E-state index contributed by atoms with van der Waals surface area (Å²) in [7, 11) is 2.03. The molecule has 2 amide bonds. The standard InChI is InChI=1S/C13H25N3O3/c1-9(2)11(12(17)18)7-14-13(19)16-6-5-15(4)8-10(16)3/h9-11H,5-8H2,1-4H3,(H,14,19)(H,17,18).